The highest BCUT2D eigenvalue weighted by Crippen LogP contribution is 2.67. The molecular formula is C74H48N2O2. The molecule has 0 bridgehead atoms. The fourth-order valence-electron chi connectivity index (χ4n) is 14.6. The first-order chi connectivity index (χ1) is 38.7. The molecule has 3 heterocycles. The number of ether oxygens (including phenoxy) is 2. The third kappa shape index (κ3) is 5.68. The molecule has 2 spiro atoms. The molecule has 3 aliphatic carbocycles. The predicted octanol–water partition coefficient (Wildman–Crippen LogP) is 18.7. The second kappa shape index (κ2) is 16.3. The third-order valence-corrected chi connectivity index (χ3v) is 17.6. The Morgan fingerprint density at radius 2 is 0.846 bits per heavy atom. The van der Waals surface area contributed by atoms with Gasteiger partial charge in [0.05, 0.1) is 27.7 Å². The lowest BCUT2D eigenvalue weighted by molar-refractivity contribution is 0.436. The van der Waals surface area contributed by atoms with Gasteiger partial charge in [-0.2, -0.15) is 0 Å². The second-order valence-corrected chi connectivity index (χ2v) is 21.3. The molecule has 78 heavy (non-hydrogen) atoms. The zero-order valence-corrected chi connectivity index (χ0v) is 42.5. The number of anilines is 3. The molecule has 2 aliphatic heterocycles. The molecule has 5 aliphatic rings. The summed E-state index contributed by atoms with van der Waals surface area (Å²) in [6.07, 6.45) is 6.71. The summed E-state index contributed by atoms with van der Waals surface area (Å²) in [7, 11) is 0. The van der Waals surface area contributed by atoms with Gasteiger partial charge in [0.1, 0.15) is 23.0 Å². The minimum Gasteiger partial charge on any atom is -0.457 e. The molecule has 0 fully saturated rings. The molecule has 0 unspecified atom stereocenters. The maximum absolute atomic E-state index is 6.81. The topological polar surface area (TPSA) is 26.6 Å². The van der Waals surface area contributed by atoms with Crippen LogP contribution < -0.4 is 14.4 Å². The van der Waals surface area contributed by atoms with Gasteiger partial charge in [0, 0.05) is 55.8 Å². The number of para-hydroxylation sites is 5. The molecule has 366 valence electrons. The molecule has 4 nitrogen and oxygen atoms in total. The molecule has 0 saturated carbocycles. The van der Waals surface area contributed by atoms with E-state index in [-0.39, 0.29) is 0 Å². The highest BCUT2D eigenvalue weighted by Gasteiger charge is 2.54. The second-order valence-electron chi connectivity index (χ2n) is 21.3. The van der Waals surface area contributed by atoms with Crippen LogP contribution >= 0.6 is 0 Å². The standard InChI is InChI=1S/C74H48N2O2/c1-2-22-49(23-3-1)75-63-36-13-6-25-51(63)52-44-43-48(46-66(52)75)47-21-18-24-50(45-47)76(64-37-19-34-61-71(64)53-26-4-7-28-55(53)73(61)57-30-9-14-39-67(57)77-68-40-15-10-31-58(68)73)65-38-20-35-62-72(65)54-27-5-8-29-56(54)74(62)59-32-11-16-41-69(59)78-70-42-17-12-33-60(70)74/h1-5,7-24,26-46H,6,25H2. The van der Waals surface area contributed by atoms with Crippen molar-refractivity contribution in [2.24, 2.45) is 0 Å². The normalized spacial score (nSPS) is 14.7. The number of rotatable bonds is 5. The Kier molecular flexibility index (Phi) is 9.06. The van der Waals surface area contributed by atoms with Crippen molar-refractivity contribution in [1.29, 1.82) is 0 Å². The van der Waals surface area contributed by atoms with Crippen LogP contribution in [0.15, 0.2) is 261 Å². The van der Waals surface area contributed by atoms with Crippen LogP contribution in [0, 0.1) is 0 Å². The van der Waals surface area contributed by atoms with E-state index in [9.17, 15) is 0 Å². The summed E-state index contributed by atoms with van der Waals surface area (Å²) >= 11 is 0. The van der Waals surface area contributed by atoms with E-state index in [2.05, 4.69) is 276 Å². The van der Waals surface area contributed by atoms with Gasteiger partial charge in [-0.15, -0.1) is 0 Å². The van der Waals surface area contributed by atoms with Gasteiger partial charge < -0.3 is 18.9 Å². The van der Waals surface area contributed by atoms with E-state index in [0.717, 1.165) is 86.3 Å². The van der Waals surface area contributed by atoms with Crippen LogP contribution in [0.25, 0.3) is 56.0 Å². The van der Waals surface area contributed by atoms with Gasteiger partial charge in [-0.05, 0) is 136 Å². The van der Waals surface area contributed by atoms with Gasteiger partial charge in [-0.1, -0.05) is 194 Å². The van der Waals surface area contributed by atoms with Crippen LogP contribution in [0.5, 0.6) is 23.0 Å². The molecule has 0 radical (unpaired) electrons. The van der Waals surface area contributed by atoms with Gasteiger partial charge in [-0.25, -0.2) is 0 Å². The highest BCUT2D eigenvalue weighted by molar-refractivity contribution is 6.04. The average Bonchev–Trinajstić information content (AvgIpc) is 4.10. The maximum Gasteiger partial charge on any atom is 0.132 e. The summed E-state index contributed by atoms with van der Waals surface area (Å²) in [5, 5.41) is 1.31. The smallest absolute Gasteiger partial charge is 0.132 e. The molecule has 17 rings (SSSR count). The van der Waals surface area contributed by atoms with Gasteiger partial charge >= 0.3 is 0 Å². The quantitative estimate of drug-likeness (QED) is 0.172. The zero-order chi connectivity index (χ0) is 51.1. The zero-order valence-electron chi connectivity index (χ0n) is 42.5. The van der Waals surface area contributed by atoms with E-state index >= 15 is 0 Å². The molecule has 0 atom stereocenters. The van der Waals surface area contributed by atoms with Gasteiger partial charge in [0.2, 0.25) is 0 Å². The van der Waals surface area contributed by atoms with Crippen molar-refractivity contribution in [2.75, 3.05) is 4.90 Å². The van der Waals surface area contributed by atoms with Gasteiger partial charge in [0.25, 0.3) is 0 Å². The number of hydrogen-bond donors (Lipinski definition) is 0. The van der Waals surface area contributed by atoms with Crippen molar-refractivity contribution in [1.82, 2.24) is 4.57 Å². The summed E-state index contributed by atoms with van der Waals surface area (Å²) in [5.41, 5.74) is 23.7. The van der Waals surface area contributed by atoms with Crippen LogP contribution in [0.1, 0.15) is 62.2 Å². The van der Waals surface area contributed by atoms with E-state index in [4.69, 9.17) is 9.47 Å². The van der Waals surface area contributed by atoms with Gasteiger partial charge in [0.15, 0.2) is 0 Å². The Labute approximate surface area is 453 Å². The summed E-state index contributed by atoms with van der Waals surface area (Å²) in [6, 6.07) is 94.0. The Hall–Kier alpha value is -9.90. The molecule has 4 heteroatoms. The minimum atomic E-state index is -0.650. The lowest BCUT2D eigenvalue weighted by Gasteiger charge is -2.40. The number of aromatic nitrogens is 1. The lowest BCUT2D eigenvalue weighted by atomic mass is 9.66. The largest absolute Gasteiger partial charge is 0.457 e. The Morgan fingerprint density at radius 1 is 0.385 bits per heavy atom. The molecule has 12 aromatic rings. The maximum atomic E-state index is 6.81. The SMILES string of the molecule is C1=Cc2c(c3ccc(-c4cccc(N(c5cccc6c5-c5ccccc5C65c6ccccc6Oc6ccccc65)c5cccc6c5-c5ccccc5C65c6ccccc6Oc6ccccc65)c4)cc3n2-c2ccccc2)CC1. The molecule has 0 saturated heterocycles. The Balaban J connectivity index is 0.959. The minimum absolute atomic E-state index is 0.650. The molecular weight excluding hydrogens is 949 g/mol. The van der Waals surface area contributed by atoms with E-state index < -0.39 is 10.8 Å². The fourth-order valence-corrected chi connectivity index (χ4v) is 14.6. The van der Waals surface area contributed by atoms with Crippen LogP contribution in [-0.4, -0.2) is 4.57 Å². The van der Waals surface area contributed by atoms with Gasteiger partial charge in [-0.3, -0.25) is 0 Å². The Bertz CT molecular complexity index is 4250. The number of aryl methyl sites for hydroxylation is 1. The summed E-state index contributed by atoms with van der Waals surface area (Å²) in [5.74, 6) is 3.50. The number of fused-ring (bicyclic) bond motifs is 21. The predicted molar refractivity (Wildman–Crippen MR) is 316 cm³/mol. The molecule has 11 aromatic carbocycles. The molecule has 0 N–H and O–H groups in total. The van der Waals surface area contributed by atoms with Crippen LogP contribution in [0.2, 0.25) is 0 Å². The molecule has 1 aromatic heterocycles. The van der Waals surface area contributed by atoms with Crippen LogP contribution in [-0.2, 0) is 17.3 Å². The average molecular weight is 997 g/mol. The summed E-state index contributed by atoms with van der Waals surface area (Å²) in [6.45, 7) is 0. The third-order valence-electron chi connectivity index (χ3n) is 17.6. The monoisotopic (exact) mass is 996 g/mol. The first-order valence-electron chi connectivity index (χ1n) is 27.2. The number of allylic oxidation sites excluding steroid dienone is 1. The Morgan fingerprint density at radius 3 is 1.40 bits per heavy atom. The number of hydrogen-bond acceptors (Lipinski definition) is 3. The highest BCUT2D eigenvalue weighted by atomic mass is 16.5. The lowest BCUT2D eigenvalue weighted by Crippen LogP contribution is -2.32. The van der Waals surface area contributed by atoms with Crippen molar-refractivity contribution < 1.29 is 9.47 Å². The first-order valence-corrected chi connectivity index (χ1v) is 27.2. The van der Waals surface area contributed by atoms with Crippen molar-refractivity contribution in [3.63, 3.8) is 0 Å². The number of benzene rings is 11. The van der Waals surface area contributed by atoms with Crippen LogP contribution in [0.3, 0.4) is 0 Å². The van der Waals surface area contributed by atoms with E-state index in [0.29, 0.717) is 0 Å². The number of nitrogens with zero attached hydrogens (tertiary/aromatic N) is 2. The van der Waals surface area contributed by atoms with Crippen molar-refractivity contribution >= 4 is 34.0 Å². The van der Waals surface area contributed by atoms with Crippen molar-refractivity contribution in [3.05, 3.63) is 317 Å². The van der Waals surface area contributed by atoms with Crippen LogP contribution in [0.4, 0.5) is 17.1 Å². The van der Waals surface area contributed by atoms with E-state index in [1.165, 1.54) is 72.4 Å². The first kappa shape index (κ1) is 43.4. The van der Waals surface area contributed by atoms with Crippen molar-refractivity contribution in [3.8, 4) is 62.1 Å². The molecule has 0 amide bonds. The van der Waals surface area contributed by atoms with Crippen molar-refractivity contribution in [2.45, 2.75) is 23.7 Å². The summed E-state index contributed by atoms with van der Waals surface area (Å²) in [4.78, 5) is 2.58. The van der Waals surface area contributed by atoms with E-state index in [1.54, 1.807) is 0 Å². The fraction of sp³-hybridized carbons (Fsp3) is 0.0541. The van der Waals surface area contributed by atoms with E-state index in [1.807, 2.05) is 0 Å². The summed E-state index contributed by atoms with van der Waals surface area (Å²) < 4.78 is 16.1.